The molecule has 0 atom stereocenters. The largest absolute Gasteiger partial charge is 0.333 e. The summed E-state index contributed by atoms with van der Waals surface area (Å²) in [4.78, 5) is 0. The molecule has 2 aromatic carbocycles. The van der Waals surface area contributed by atoms with Gasteiger partial charge in [-0.3, -0.25) is 0 Å². The second-order valence-corrected chi connectivity index (χ2v) is 3.25. The van der Waals surface area contributed by atoms with E-state index in [0.717, 1.165) is 16.7 Å². The van der Waals surface area contributed by atoms with E-state index >= 15 is 0 Å². The number of hydrogen-bond donors (Lipinski definition) is 2. The molecule has 2 rings (SSSR count). The van der Waals surface area contributed by atoms with Crippen LogP contribution in [0.25, 0.3) is 11.1 Å². The Morgan fingerprint density at radius 3 is 2.38 bits per heavy atom. The maximum absolute atomic E-state index is 13.0. The van der Waals surface area contributed by atoms with E-state index in [9.17, 15) is 4.39 Å². The van der Waals surface area contributed by atoms with Crippen molar-refractivity contribution in [2.24, 2.45) is 0 Å². The molecular formula is C13H12FOS. The minimum Gasteiger partial charge on any atom is -0.333 e. The minimum atomic E-state index is -0.196. The van der Waals surface area contributed by atoms with Gasteiger partial charge in [-0.15, -0.1) is 0 Å². The predicted molar refractivity (Wildman–Crippen MR) is 67.0 cm³/mol. The van der Waals surface area contributed by atoms with E-state index in [4.69, 9.17) is 4.55 Å². The van der Waals surface area contributed by atoms with Gasteiger partial charge in [0, 0.05) is 0 Å². The van der Waals surface area contributed by atoms with Gasteiger partial charge in [0.25, 0.3) is 0 Å². The van der Waals surface area contributed by atoms with E-state index in [1.54, 1.807) is 12.1 Å². The fourth-order valence-corrected chi connectivity index (χ4v) is 1.47. The molecule has 0 aliphatic carbocycles. The van der Waals surface area contributed by atoms with Gasteiger partial charge in [0.1, 0.15) is 5.82 Å². The highest BCUT2D eigenvalue weighted by Gasteiger charge is 2.01. The molecule has 0 aliphatic heterocycles. The van der Waals surface area contributed by atoms with Crippen molar-refractivity contribution in [1.82, 2.24) is 0 Å². The Labute approximate surface area is 100 Å². The molecule has 0 unspecified atom stereocenters. The van der Waals surface area contributed by atoms with Crippen molar-refractivity contribution < 1.29 is 8.94 Å². The molecular weight excluding hydrogens is 223 g/mol. The Balaban J connectivity index is 0.000000606. The van der Waals surface area contributed by atoms with Crippen molar-refractivity contribution in [3.63, 3.8) is 0 Å². The Kier molecular flexibility index (Phi) is 5.02. The summed E-state index contributed by atoms with van der Waals surface area (Å²) in [5.41, 5.74) is 3.05. The molecule has 0 saturated carbocycles. The van der Waals surface area contributed by atoms with E-state index in [-0.39, 0.29) is 5.82 Å². The van der Waals surface area contributed by atoms with E-state index in [0.29, 0.717) is 0 Å². The predicted octanol–water partition coefficient (Wildman–Crippen LogP) is 3.99. The molecule has 83 valence electrons. The van der Waals surface area contributed by atoms with Crippen LogP contribution in [0.5, 0.6) is 0 Å². The van der Waals surface area contributed by atoms with Gasteiger partial charge in [-0.25, -0.2) is 4.39 Å². The molecule has 16 heavy (non-hydrogen) atoms. The molecule has 0 amide bonds. The molecule has 0 saturated heterocycles. The summed E-state index contributed by atoms with van der Waals surface area (Å²) in [6.45, 7) is 1.98. The monoisotopic (exact) mass is 235 g/mol. The molecule has 1 radical (unpaired) electrons. The zero-order chi connectivity index (χ0) is 12.0. The first-order valence-electron chi connectivity index (χ1n) is 4.70. The van der Waals surface area contributed by atoms with Crippen LogP contribution in [0.3, 0.4) is 0 Å². The first-order valence-corrected chi connectivity index (χ1v) is 5.10. The van der Waals surface area contributed by atoms with Crippen LogP contribution in [0.2, 0.25) is 0 Å². The third-order valence-electron chi connectivity index (χ3n) is 2.23. The van der Waals surface area contributed by atoms with Crippen LogP contribution in [0.4, 0.5) is 4.39 Å². The third kappa shape index (κ3) is 3.08. The summed E-state index contributed by atoms with van der Waals surface area (Å²) in [7, 11) is 0. The molecule has 0 aromatic heterocycles. The zero-order valence-corrected chi connectivity index (χ0v) is 9.71. The van der Waals surface area contributed by atoms with E-state index in [1.165, 1.54) is 6.07 Å². The average molecular weight is 235 g/mol. The van der Waals surface area contributed by atoms with E-state index < -0.39 is 0 Å². The number of hydrogen-bond acceptors (Lipinski definition) is 2. The van der Waals surface area contributed by atoms with Crippen molar-refractivity contribution >= 4 is 12.9 Å². The van der Waals surface area contributed by atoms with Crippen LogP contribution in [0, 0.1) is 18.8 Å². The maximum Gasteiger partial charge on any atom is 0.123 e. The van der Waals surface area contributed by atoms with Crippen LogP contribution in [-0.2, 0) is 0 Å². The molecule has 0 bridgehead atoms. The standard InChI is InChI=1S/C13H10F.H2OS/c1-10-7-8-12(14)9-13(10)11-5-3-2-4-6-11;1-2/h3-9H,1H3;1-2H. The van der Waals surface area contributed by atoms with Crippen molar-refractivity contribution in [3.05, 3.63) is 59.9 Å². The molecule has 2 aromatic rings. The van der Waals surface area contributed by atoms with Crippen molar-refractivity contribution in [2.75, 3.05) is 0 Å². The Morgan fingerprint density at radius 1 is 1.12 bits per heavy atom. The summed E-state index contributed by atoms with van der Waals surface area (Å²) in [6.07, 6.45) is 0. The lowest BCUT2D eigenvalue weighted by Crippen LogP contribution is -1.84. The number of thiol groups is 1. The number of rotatable bonds is 1. The smallest absolute Gasteiger partial charge is 0.123 e. The molecule has 1 N–H and O–H groups in total. The molecule has 0 fully saturated rings. The van der Waals surface area contributed by atoms with Crippen molar-refractivity contribution in [3.8, 4) is 11.1 Å². The fourth-order valence-electron chi connectivity index (χ4n) is 1.47. The summed E-state index contributed by atoms with van der Waals surface area (Å²) in [5, 5.41) is 0. The van der Waals surface area contributed by atoms with Gasteiger partial charge in [-0.1, -0.05) is 30.3 Å². The van der Waals surface area contributed by atoms with Crippen LogP contribution < -0.4 is 0 Å². The van der Waals surface area contributed by atoms with Crippen LogP contribution in [-0.4, -0.2) is 4.55 Å². The van der Waals surface area contributed by atoms with E-state index in [2.05, 4.69) is 19.0 Å². The highest BCUT2D eigenvalue weighted by molar-refractivity contribution is 7.74. The number of aryl methyl sites for hydroxylation is 1. The van der Waals surface area contributed by atoms with Gasteiger partial charge >= 0.3 is 0 Å². The lowest BCUT2D eigenvalue weighted by atomic mass is 10.0. The maximum atomic E-state index is 13.0. The SMILES string of the molecule is Cc1ccc(F)cc1-c1cc[c]cc1.OS. The van der Waals surface area contributed by atoms with Gasteiger partial charge in [0.05, 0.1) is 0 Å². The molecule has 0 aliphatic rings. The second kappa shape index (κ2) is 6.30. The van der Waals surface area contributed by atoms with Crippen molar-refractivity contribution in [2.45, 2.75) is 6.92 Å². The summed E-state index contributed by atoms with van der Waals surface area (Å²) in [5.74, 6) is -0.196. The highest BCUT2D eigenvalue weighted by atomic mass is 32.1. The first kappa shape index (κ1) is 12.7. The summed E-state index contributed by atoms with van der Waals surface area (Å²) in [6, 6.07) is 15.3. The number of benzene rings is 2. The fraction of sp³-hybridized carbons (Fsp3) is 0.0769. The number of halogens is 1. The summed E-state index contributed by atoms with van der Waals surface area (Å²) < 4.78 is 19.7. The molecule has 0 spiro atoms. The topological polar surface area (TPSA) is 20.2 Å². The van der Waals surface area contributed by atoms with E-state index in [1.807, 2.05) is 31.2 Å². The lowest BCUT2D eigenvalue weighted by Gasteiger charge is -2.05. The van der Waals surface area contributed by atoms with Gasteiger partial charge in [-0.05, 0) is 54.7 Å². The van der Waals surface area contributed by atoms with Crippen LogP contribution in [0.1, 0.15) is 5.56 Å². The second-order valence-electron chi connectivity index (χ2n) is 3.25. The van der Waals surface area contributed by atoms with Gasteiger partial charge in [0.2, 0.25) is 0 Å². The van der Waals surface area contributed by atoms with Gasteiger partial charge in [-0.2, -0.15) is 0 Å². The minimum absolute atomic E-state index is 0.196. The van der Waals surface area contributed by atoms with Crippen LogP contribution >= 0.6 is 12.9 Å². The third-order valence-corrected chi connectivity index (χ3v) is 2.23. The summed E-state index contributed by atoms with van der Waals surface area (Å²) >= 11 is 2.53. The van der Waals surface area contributed by atoms with Crippen molar-refractivity contribution in [1.29, 1.82) is 0 Å². The Morgan fingerprint density at radius 2 is 1.75 bits per heavy atom. The normalized spacial score (nSPS) is 9.25. The van der Waals surface area contributed by atoms with Gasteiger partial charge < -0.3 is 4.55 Å². The molecule has 1 nitrogen and oxygen atoms in total. The van der Waals surface area contributed by atoms with Crippen LogP contribution in [0.15, 0.2) is 42.5 Å². The molecule has 0 heterocycles. The average Bonchev–Trinajstić information content (AvgIpc) is 2.36. The van der Waals surface area contributed by atoms with Gasteiger partial charge in [0.15, 0.2) is 0 Å². The zero-order valence-electron chi connectivity index (χ0n) is 8.81. The highest BCUT2D eigenvalue weighted by Crippen LogP contribution is 2.23. The Bertz CT molecular complexity index is 443. The lowest BCUT2D eigenvalue weighted by molar-refractivity contribution is 0.628. The Hall–Kier alpha value is -1.32. The first-order chi connectivity index (χ1) is 7.77. The molecule has 3 heteroatoms. The quantitative estimate of drug-likeness (QED) is 0.565.